The Kier molecular flexibility index (Phi) is 2.61. The average molecular weight is 272 g/mol. The second kappa shape index (κ2) is 3.75. The molecule has 1 aromatic heterocycles. The summed E-state index contributed by atoms with van der Waals surface area (Å²) in [5.41, 5.74) is 3.23. The number of nitrogens with one attached hydrogen (secondary N) is 1. The monoisotopic (exact) mass is 270 g/mol. The van der Waals surface area contributed by atoms with E-state index in [0.29, 0.717) is 0 Å². The molecule has 1 heterocycles. The third kappa shape index (κ3) is 1.70. The number of nitrogens with zero attached hydrogens (tertiary/aromatic N) is 1. The Labute approximate surface area is 95.4 Å². The van der Waals surface area contributed by atoms with Crippen LogP contribution in [0.1, 0.15) is 5.69 Å². The van der Waals surface area contributed by atoms with E-state index in [4.69, 9.17) is 11.6 Å². The van der Waals surface area contributed by atoms with Crippen molar-refractivity contribution >= 4 is 27.5 Å². The van der Waals surface area contributed by atoms with E-state index in [-0.39, 0.29) is 0 Å². The summed E-state index contributed by atoms with van der Waals surface area (Å²) >= 11 is 9.21. The maximum Gasteiger partial charge on any atom is 0.135 e. The Morgan fingerprint density at radius 2 is 1.93 bits per heavy atom. The van der Waals surface area contributed by atoms with Crippen LogP contribution in [0.4, 0.5) is 0 Å². The summed E-state index contributed by atoms with van der Waals surface area (Å²) in [6, 6.07) is 7.70. The van der Waals surface area contributed by atoms with Crippen molar-refractivity contribution in [2.45, 2.75) is 6.92 Å². The Morgan fingerprint density at radius 3 is 2.43 bits per heavy atom. The van der Waals surface area contributed by atoms with E-state index in [1.54, 1.807) is 0 Å². The van der Waals surface area contributed by atoms with Crippen LogP contribution in [-0.2, 0) is 0 Å². The standard InChI is InChI=1S/C10H8BrClN2/c1-6-9(10(11)14-13-6)7-2-4-8(12)5-3-7/h2-5H,1H3,(H,13,14). The van der Waals surface area contributed by atoms with E-state index in [9.17, 15) is 0 Å². The molecular formula is C10H8BrClN2. The fraction of sp³-hybridized carbons (Fsp3) is 0.100. The SMILES string of the molecule is Cc1[nH]nc(Br)c1-c1ccc(Cl)cc1. The summed E-state index contributed by atoms with van der Waals surface area (Å²) in [5.74, 6) is 0. The van der Waals surface area contributed by atoms with Gasteiger partial charge in [0.05, 0.1) is 0 Å². The number of aryl methyl sites for hydroxylation is 1. The van der Waals surface area contributed by atoms with Crippen LogP contribution in [0.25, 0.3) is 11.1 Å². The second-order valence-corrected chi connectivity index (χ2v) is 4.21. The maximum atomic E-state index is 5.82. The molecule has 0 aliphatic carbocycles. The molecule has 0 bridgehead atoms. The molecule has 0 saturated carbocycles. The topological polar surface area (TPSA) is 28.7 Å². The lowest BCUT2D eigenvalue weighted by molar-refractivity contribution is 1.03. The molecule has 0 spiro atoms. The molecule has 0 saturated heterocycles. The predicted octanol–water partition coefficient (Wildman–Crippen LogP) is 3.80. The first-order chi connectivity index (χ1) is 6.68. The summed E-state index contributed by atoms with van der Waals surface area (Å²) in [6.45, 7) is 1.99. The number of halogens is 2. The lowest BCUT2D eigenvalue weighted by Gasteiger charge is -2.00. The van der Waals surface area contributed by atoms with Gasteiger partial charge in [0.15, 0.2) is 0 Å². The molecule has 72 valence electrons. The molecule has 14 heavy (non-hydrogen) atoms. The van der Waals surface area contributed by atoms with Gasteiger partial charge >= 0.3 is 0 Å². The minimum atomic E-state index is 0.742. The molecule has 0 amide bonds. The Bertz CT molecular complexity index is 428. The number of hydrogen-bond donors (Lipinski definition) is 1. The van der Waals surface area contributed by atoms with Crippen LogP contribution in [0.2, 0.25) is 5.02 Å². The van der Waals surface area contributed by atoms with Gasteiger partial charge in [0.1, 0.15) is 4.60 Å². The highest BCUT2D eigenvalue weighted by Gasteiger charge is 2.09. The van der Waals surface area contributed by atoms with Gasteiger partial charge in [-0.05, 0) is 40.5 Å². The van der Waals surface area contributed by atoms with Gasteiger partial charge in [-0.25, -0.2) is 0 Å². The fourth-order valence-electron chi connectivity index (χ4n) is 1.35. The molecule has 0 atom stereocenters. The van der Waals surface area contributed by atoms with Gasteiger partial charge in [-0.2, -0.15) is 5.10 Å². The van der Waals surface area contributed by atoms with Crippen molar-refractivity contribution in [1.29, 1.82) is 0 Å². The lowest BCUT2D eigenvalue weighted by Crippen LogP contribution is -1.79. The number of benzene rings is 1. The van der Waals surface area contributed by atoms with E-state index >= 15 is 0 Å². The van der Waals surface area contributed by atoms with Crippen LogP contribution in [0.5, 0.6) is 0 Å². The van der Waals surface area contributed by atoms with E-state index < -0.39 is 0 Å². The molecule has 0 aliphatic rings. The van der Waals surface area contributed by atoms with Gasteiger partial charge in [0.25, 0.3) is 0 Å². The predicted molar refractivity (Wildman–Crippen MR) is 61.5 cm³/mol. The maximum absolute atomic E-state index is 5.82. The number of aromatic nitrogens is 2. The van der Waals surface area contributed by atoms with E-state index in [0.717, 1.165) is 26.4 Å². The van der Waals surface area contributed by atoms with Crippen molar-refractivity contribution in [2.24, 2.45) is 0 Å². The first kappa shape index (κ1) is 9.74. The molecule has 1 aromatic carbocycles. The molecule has 0 unspecified atom stereocenters. The highest BCUT2D eigenvalue weighted by atomic mass is 79.9. The van der Waals surface area contributed by atoms with Crippen LogP contribution in [-0.4, -0.2) is 10.2 Å². The van der Waals surface area contributed by atoms with Gasteiger partial charge in [0, 0.05) is 16.3 Å². The fourth-order valence-corrected chi connectivity index (χ4v) is 2.09. The van der Waals surface area contributed by atoms with Gasteiger partial charge in [-0.1, -0.05) is 23.7 Å². The van der Waals surface area contributed by atoms with Gasteiger partial charge in [-0.15, -0.1) is 0 Å². The highest BCUT2D eigenvalue weighted by molar-refractivity contribution is 9.10. The normalized spacial score (nSPS) is 10.5. The summed E-state index contributed by atoms with van der Waals surface area (Å²) in [4.78, 5) is 0. The van der Waals surface area contributed by atoms with Gasteiger partial charge in [0.2, 0.25) is 0 Å². The average Bonchev–Trinajstić information content (AvgIpc) is 2.49. The molecule has 2 rings (SSSR count). The van der Waals surface area contributed by atoms with Crippen molar-refractivity contribution in [3.63, 3.8) is 0 Å². The third-order valence-corrected chi connectivity index (χ3v) is 2.86. The minimum absolute atomic E-state index is 0.742. The largest absolute Gasteiger partial charge is 0.281 e. The van der Waals surface area contributed by atoms with Crippen molar-refractivity contribution < 1.29 is 0 Å². The summed E-state index contributed by atoms with van der Waals surface area (Å²) in [6.07, 6.45) is 0. The molecule has 1 N–H and O–H groups in total. The van der Waals surface area contributed by atoms with E-state index in [2.05, 4.69) is 26.1 Å². The quantitative estimate of drug-likeness (QED) is 0.839. The van der Waals surface area contributed by atoms with Crippen LogP contribution in [0.3, 0.4) is 0 Å². The number of rotatable bonds is 1. The Hall–Kier alpha value is -0.800. The van der Waals surface area contributed by atoms with Gasteiger partial charge in [-0.3, -0.25) is 5.10 Å². The van der Waals surface area contributed by atoms with E-state index in [1.165, 1.54) is 0 Å². The molecule has 2 nitrogen and oxygen atoms in total. The Balaban J connectivity index is 2.54. The van der Waals surface area contributed by atoms with Gasteiger partial charge < -0.3 is 0 Å². The van der Waals surface area contributed by atoms with Crippen molar-refractivity contribution in [1.82, 2.24) is 10.2 Å². The first-order valence-corrected chi connectivity index (χ1v) is 5.32. The number of H-pyrrole nitrogens is 1. The number of hydrogen-bond acceptors (Lipinski definition) is 1. The van der Waals surface area contributed by atoms with Crippen molar-refractivity contribution in [3.05, 3.63) is 39.6 Å². The zero-order valence-corrected chi connectivity index (χ0v) is 9.85. The van der Waals surface area contributed by atoms with Crippen LogP contribution < -0.4 is 0 Å². The zero-order chi connectivity index (χ0) is 10.1. The Morgan fingerprint density at radius 1 is 1.29 bits per heavy atom. The van der Waals surface area contributed by atoms with Crippen LogP contribution >= 0.6 is 27.5 Å². The minimum Gasteiger partial charge on any atom is -0.281 e. The molecule has 4 heteroatoms. The van der Waals surface area contributed by atoms with Crippen molar-refractivity contribution in [2.75, 3.05) is 0 Å². The van der Waals surface area contributed by atoms with E-state index in [1.807, 2.05) is 31.2 Å². The second-order valence-electron chi connectivity index (χ2n) is 3.02. The van der Waals surface area contributed by atoms with Crippen LogP contribution in [0.15, 0.2) is 28.9 Å². The molecule has 0 radical (unpaired) electrons. The molecular weight excluding hydrogens is 263 g/mol. The highest BCUT2D eigenvalue weighted by Crippen LogP contribution is 2.29. The lowest BCUT2D eigenvalue weighted by atomic mass is 10.1. The molecule has 0 fully saturated rings. The molecule has 2 aromatic rings. The third-order valence-electron chi connectivity index (χ3n) is 2.04. The first-order valence-electron chi connectivity index (χ1n) is 4.15. The smallest absolute Gasteiger partial charge is 0.135 e. The summed E-state index contributed by atoms with van der Waals surface area (Å²) in [5, 5.41) is 7.74. The van der Waals surface area contributed by atoms with Crippen LogP contribution in [0, 0.1) is 6.92 Å². The summed E-state index contributed by atoms with van der Waals surface area (Å²) < 4.78 is 0.831. The number of aromatic amines is 1. The molecule has 0 aliphatic heterocycles. The van der Waals surface area contributed by atoms with Crippen molar-refractivity contribution in [3.8, 4) is 11.1 Å². The zero-order valence-electron chi connectivity index (χ0n) is 7.51. The summed E-state index contributed by atoms with van der Waals surface area (Å²) in [7, 11) is 0.